The van der Waals surface area contributed by atoms with Gasteiger partial charge in [0.1, 0.15) is 0 Å². The Morgan fingerprint density at radius 3 is 2.56 bits per heavy atom. The molecular weight excluding hydrogens is 246 g/mol. The molecule has 0 saturated carbocycles. The SMILES string of the molecule is CCNCc1ccc(COCCOC(C)(C)C)s1. The van der Waals surface area contributed by atoms with E-state index in [4.69, 9.17) is 9.47 Å². The van der Waals surface area contributed by atoms with Crippen LogP contribution in [0.1, 0.15) is 37.4 Å². The Kier molecular flexibility index (Phi) is 6.86. The fourth-order valence-corrected chi connectivity index (χ4v) is 2.35. The molecule has 0 aliphatic heterocycles. The summed E-state index contributed by atoms with van der Waals surface area (Å²) in [6.07, 6.45) is 0. The molecule has 1 aromatic heterocycles. The monoisotopic (exact) mass is 271 g/mol. The molecule has 0 saturated heterocycles. The highest BCUT2D eigenvalue weighted by atomic mass is 32.1. The van der Waals surface area contributed by atoms with Crippen LogP contribution < -0.4 is 5.32 Å². The predicted molar refractivity (Wildman–Crippen MR) is 77.1 cm³/mol. The van der Waals surface area contributed by atoms with Gasteiger partial charge in [0, 0.05) is 16.3 Å². The lowest BCUT2D eigenvalue weighted by Gasteiger charge is -2.19. The van der Waals surface area contributed by atoms with Gasteiger partial charge in [0.15, 0.2) is 0 Å². The lowest BCUT2D eigenvalue weighted by Crippen LogP contribution is -2.21. The molecule has 0 radical (unpaired) electrons. The van der Waals surface area contributed by atoms with Crippen LogP contribution in [0.4, 0.5) is 0 Å². The molecule has 0 fully saturated rings. The molecule has 0 aliphatic rings. The maximum Gasteiger partial charge on any atom is 0.0810 e. The van der Waals surface area contributed by atoms with Crippen molar-refractivity contribution in [2.75, 3.05) is 19.8 Å². The lowest BCUT2D eigenvalue weighted by atomic mass is 10.2. The first kappa shape index (κ1) is 15.6. The number of thiophene rings is 1. The summed E-state index contributed by atoms with van der Waals surface area (Å²) in [7, 11) is 0. The van der Waals surface area contributed by atoms with Crippen LogP contribution in [-0.4, -0.2) is 25.4 Å². The summed E-state index contributed by atoms with van der Waals surface area (Å²) in [5.41, 5.74) is -0.0781. The van der Waals surface area contributed by atoms with Crippen molar-refractivity contribution in [1.82, 2.24) is 5.32 Å². The third-order valence-electron chi connectivity index (χ3n) is 2.27. The molecule has 1 aromatic rings. The topological polar surface area (TPSA) is 30.5 Å². The Labute approximate surface area is 114 Å². The predicted octanol–water partition coefficient (Wildman–Crippen LogP) is 3.19. The van der Waals surface area contributed by atoms with Gasteiger partial charge in [-0.15, -0.1) is 11.3 Å². The van der Waals surface area contributed by atoms with Crippen LogP contribution >= 0.6 is 11.3 Å². The van der Waals surface area contributed by atoms with Gasteiger partial charge in [0.05, 0.1) is 25.4 Å². The molecule has 4 heteroatoms. The first-order valence-corrected chi connectivity index (χ1v) is 7.33. The van der Waals surface area contributed by atoms with Crippen LogP contribution in [0, 0.1) is 0 Å². The molecule has 3 nitrogen and oxygen atoms in total. The van der Waals surface area contributed by atoms with Crippen LogP contribution in [0.2, 0.25) is 0 Å². The van der Waals surface area contributed by atoms with E-state index in [9.17, 15) is 0 Å². The van der Waals surface area contributed by atoms with Crippen molar-refractivity contribution in [2.45, 2.75) is 46.4 Å². The van der Waals surface area contributed by atoms with Crippen molar-refractivity contribution in [1.29, 1.82) is 0 Å². The number of ether oxygens (including phenoxy) is 2. The van der Waals surface area contributed by atoms with E-state index < -0.39 is 0 Å². The molecule has 0 aromatic carbocycles. The molecule has 0 bridgehead atoms. The summed E-state index contributed by atoms with van der Waals surface area (Å²) >= 11 is 1.81. The average molecular weight is 271 g/mol. The summed E-state index contributed by atoms with van der Waals surface area (Å²) in [6, 6.07) is 4.31. The van der Waals surface area contributed by atoms with E-state index in [0.29, 0.717) is 19.8 Å². The number of hydrogen-bond acceptors (Lipinski definition) is 4. The van der Waals surface area contributed by atoms with Gasteiger partial charge in [-0.3, -0.25) is 0 Å². The van der Waals surface area contributed by atoms with Gasteiger partial charge in [-0.05, 0) is 39.4 Å². The molecule has 104 valence electrons. The second-order valence-electron chi connectivity index (χ2n) is 5.16. The Hall–Kier alpha value is -0.420. The van der Waals surface area contributed by atoms with E-state index in [2.05, 4.69) is 45.1 Å². The highest BCUT2D eigenvalue weighted by Gasteiger charge is 2.09. The standard InChI is InChI=1S/C14H25NO2S/c1-5-15-10-12-6-7-13(18-12)11-16-8-9-17-14(2,3)4/h6-7,15H,5,8-11H2,1-4H3. The van der Waals surface area contributed by atoms with Gasteiger partial charge in [0.25, 0.3) is 0 Å². The van der Waals surface area contributed by atoms with Crippen LogP contribution in [0.15, 0.2) is 12.1 Å². The van der Waals surface area contributed by atoms with E-state index in [1.165, 1.54) is 9.75 Å². The molecule has 1 heterocycles. The molecule has 0 spiro atoms. The second-order valence-corrected chi connectivity index (χ2v) is 6.41. The number of hydrogen-bond donors (Lipinski definition) is 1. The fraction of sp³-hybridized carbons (Fsp3) is 0.714. The quantitative estimate of drug-likeness (QED) is 0.737. The fourth-order valence-electron chi connectivity index (χ4n) is 1.42. The Bertz CT molecular complexity index is 331. The minimum Gasteiger partial charge on any atom is -0.374 e. The molecule has 1 rings (SSSR count). The average Bonchev–Trinajstić information content (AvgIpc) is 2.72. The highest BCUT2D eigenvalue weighted by Crippen LogP contribution is 2.17. The van der Waals surface area contributed by atoms with Crippen LogP contribution in [-0.2, 0) is 22.6 Å². The molecule has 1 N–H and O–H groups in total. The maximum absolute atomic E-state index is 5.60. The van der Waals surface area contributed by atoms with Crippen LogP contribution in [0.5, 0.6) is 0 Å². The van der Waals surface area contributed by atoms with Crippen molar-refractivity contribution < 1.29 is 9.47 Å². The third-order valence-corrected chi connectivity index (χ3v) is 3.33. The Morgan fingerprint density at radius 2 is 1.89 bits per heavy atom. The number of rotatable bonds is 8. The Morgan fingerprint density at radius 1 is 1.17 bits per heavy atom. The normalized spacial score (nSPS) is 12.0. The zero-order chi connectivity index (χ0) is 13.4. The van der Waals surface area contributed by atoms with Crippen LogP contribution in [0.25, 0.3) is 0 Å². The summed E-state index contributed by atoms with van der Waals surface area (Å²) in [6.45, 7) is 12.2. The summed E-state index contributed by atoms with van der Waals surface area (Å²) < 4.78 is 11.2. The van der Waals surface area contributed by atoms with Crippen LogP contribution in [0.3, 0.4) is 0 Å². The Balaban J connectivity index is 2.13. The summed E-state index contributed by atoms with van der Waals surface area (Å²) in [5.74, 6) is 0. The summed E-state index contributed by atoms with van der Waals surface area (Å²) in [4.78, 5) is 2.64. The van der Waals surface area contributed by atoms with E-state index in [-0.39, 0.29) is 5.60 Å². The maximum atomic E-state index is 5.60. The van der Waals surface area contributed by atoms with E-state index in [1.54, 1.807) is 0 Å². The van der Waals surface area contributed by atoms with Crippen molar-refractivity contribution >= 4 is 11.3 Å². The van der Waals surface area contributed by atoms with E-state index in [0.717, 1.165) is 13.1 Å². The third kappa shape index (κ3) is 7.11. The second kappa shape index (κ2) is 7.89. The van der Waals surface area contributed by atoms with Crippen molar-refractivity contribution in [3.8, 4) is 0 Å². The summed E-state index contributed by atoms with van der Waals surface area (Å²) in [5, 5.41) is 3.32. The highest BCUT2D eigenvalue weighted by molar-refractivity contribution is 7.11. The molecular formula is C14H25NO2S. The van der Waals surface area contributed by atoms with Crippen molar-refractivity contribution in [2.24, 2.45) is 0 Å². The zero-order valence-corrected chi connectivity index (χ0v) is 12.7. The molecule has 0 unspecified atom stereocenters. The molecule has 0 atom stereocenters. The van der Waals surface area contributed by atoms with E-state index >= 15 is 0 Å². The van der Waals surface area contributed by atoms with Gasteiger partial charge in [-0.1, -0.05) is 6.92 Å². The molecule has 0 aliphatic carbocycles. The van der Waals surface area contributed by atoms with Gasteiger partial charge in [0.2, 0.25) is 0 Å². The smallest absolute Gasteiger partial charge is 0.0810 e. The van der Waals surface area contributed by atoms with Gasteiger partial charge < -0.3 is 14.8 Å². The van der Waals surface area contributed by atoms with E-state index in [1.807, 2.05) is 11.3 Å². The minimum atomic E-state index is -0.0781. The van der Waals surface area contributed by atoms with Gasteiger partial charge in [-0.2, -0.15) is 0 Å². The first-order chi connectivity index (χ1) is 8.51. The minimum absolute atomic E-state index is 0.0781. The lowest BCUT2D eigenvalue weighted by molar-refractivity contribution is -0.0373. The largest absolute Gasteiger partial charge is 0.374 e. The van der Waals surface area contributed by atoms with Gasteiger partial charge in [-0.25, -0.2) is 0 Å². The first-order valence-electron chi connectivity index (χ1n) is 6.51. The van der Waals surface area contributed by atoms with Crippen molar-refractivity contribution in [3.63, 3.8) is 0 Å². The molecule has 18 heavy (non-hydrogen) atoms. The zero-order valence-electron chi connectivity index (χ0n) is 11.9. The van der Waals surface area contributed by atoms with Crippen molar-refractivity contribution in [3.05, 3.63) is 21.9 Å². The number of nitrogens with one attached hydrogen (secondary N) is 1. The van der Waals surface area contributed by atoms with Gasteiger partial charge >= 0.3 is 0 Å². The molecule has 0 amide bonds.